The van der Waals surface area contributed by atoms with Gasteiger partial charge in [0.25, 0.3) is 0 Å². The van der Waals surface area contributed by atoms with E-state index in [0.29, 0.717) is 10.8 Å². The van der Waals surface area contributed by atoms with E-state index in [-0.39, 0.29) is 0 Å². The van der Waals surface area contributed by atoms with Gasteiger partial charge >= 0.3 is 0 Å². The lowest BCUT2D eigenvalue weighted by molar-refractivity contribution is 0.0135. The second-order valence-corrected chi connectivity index (χ2v) is 11.4. The molecular weight excluding hydrogens is 424 g/mol. The highest BCUT2D eigenvalue weighted by molar-refractivity contribution is 6.31. The minimum atomic E-state index is 0.328. The molecule has 33 heavy (non-hydrogen) atoms. The molecule has 0 aliphatic heterocycles. The topological polar surface area (TPSA) is 24.9 Å². The number of pyridine rings is 1. The summed E-state index contributed by atoms with van der Waals surface area (Å²) in [4.78, 5) is 4.46. The summed E-state index contributed by atoms with van der Waals surface area (Å²) in [5, 5.41) is 5.51. The molecule has 0 unspecified atom stereocenters. The van der Waals surface area contributed by atoms with Gasteiger partial charge in [-0.25, -0.2) is 0 Å². The Kier molecular flexibility index (Phi) is 10.5. The van der Waals surface area contributed by atoms with Gasteiger partial charge in [-0.05, 0) is 91.9 Å². The summed E-state index contributed by atoms with van der Waals surface area (Å²) in [6, 6.07) is 5.89. The molecule has 186 valence electrons. The van der Waals surface area contributed by atoms with Crippen molar-refractivity contribution in [3.63, 3.8) is 0 Å². The van der Waals surface area contributed by atoms with E-state index in [1.807, 2.05) is 32.2 Å². The van der Waals surface area contributed by atoms with E-state index < -0.39 is 0 Å². The molecule has 3 heteroatoms. The van der Waals surface area contributed by atoms with Gasteiger partial charge in [-0.3, -0.25) is 4.98 Å². The standard InChI is InChI=1S/C17H23ClN2.C11H20.C2H6/c1-5-17(4,6-2)11-20-16-12(3)10-19-15-9-13(18)7-8-14(15)16;1-11(2,9-5-3-6-9)10-7-4-8-10;1-2/h7-10H,5-6,11H2,1-4H3,(H,19,20);9-10H,3-8H2,1-2H3;1-2H3. The average molecular weight is 473 g/mol. The van der Waals surface area contributed by atoms with Gasteiger partial charge in [-0.1, -0.05) is 72.9 Å². The number of fused-ring (bicyclic) bond motifs is 1. The maximum Gasteiger partial charge on any atom is 0.0737 e. The highest BCUT2D eigenvalue weighted by Gasteiger charge is 2.42. The molecule has 2 fully saturated rings. The molecule has 0 saturated heterocycles. The third-order valence-corrected chi connectivity index (χ3v) is 8.97. The molecule has 4 rings (SSSR count). The van der Waals surface area contributed by atoms with Gasteiger partial charge in [0.05, 0.1) is 5.52 Å². The Labute approximate surface area is 209 Å². The lowest BCUT2D eigenvalue weighted by Crippen LogP contribution is -2.39. The zero-order valence-electron chi connectivity index (χ0n) is 22.7. The first kappa shape index (κ1) is 28.0. The lowest BCUT2D eigenvalue weighted by atomic mass is 9.56. The summed E-state index contributed by atoms with van der Waals surface area (Å²) >= 11 is 6.04. The SMILES string of the molecule is CC.CC(C)(C1CCC1)C1CCC1.CCC(C)(CC)CNc1c(C)cnc2cc(Cl)ccc12. The largest absolute Gasteiger partial charge is 0.384 e. The number of anilines is 1. The second-order valence-electron chi connectivity index (χ2n) is 10.9. The molecule has 0 bridgehead atoms. The highest BCUT2D eigenvalue weighted by Crippen LogP contribution is 2.52. The van der Waals surface area contributed by atoms with Crippen LogP contribution in [0.1, 0.15) is 105 Å². The molecule has 1 aromatic carbocycles. The zero-order chi connectivity index (χ0) is 24.6. The van der Waals surface area contributed by atoms with Crippen molar-refractivity contribution >= 4 is 28.2 Å². The first-order valence-electron chi connectivity index (χ1n) is 13.5. The maximum absolute atomic E-state index is 6.04. The number of halogens is 1. The van der Waals surface area contributed by atoms with Gasteiger partial charge in [-0.15, -0.1) is 0 Å². The monoisotopic (exact) mass is 472 g/mol. The van der Waals surface area contributed by atoms with Crippen LogP contribution in [-0.2, 0) is 0 Å². The summed E-state index contributed by atoms with van der Waals surface area (Å²) in [5.41, 5.74) is 4.32. The number of hydrogen-bond donors (Lipinski definition) is 1. The first-order valence-corrected chi connectivity index (χ1v) is 13.9. The fraction of sp³-hybridized carbons (Fsp3) is 0.700. The number of nitrogens with zero attached hydrogens (tertiary/aromatic N) is 1. The van der Waals surface area contributed by atoms with Gasteiger partial charge in [0.15, 0.2) is 0 Å². The minimum absolute atomic E-state index is 0.328. The maximum atomic E-state index is 6.04. The number of benzene rings is 1. The van der Waals surface area contributed by atoms with Crippen molar-refractivity contribution in [1.82, 2.24) is 4.98 Å². The fourth-order valence-corrected chi connectivity index (χ4v) is 5.11. The minimum Gasteiger partial charge on any atom is -0.384 e. The quantitative estimate of drug-likeness (QED) is 0.433. The van der Waals surface area contributed by atoms with Crippen LogP contribution in [0.5, 0.6) is 0 Å². The molecule has 1 N–H and O–H groups in total. The normalized spacial score (nSPS) is 16.6. The summed E-state index contributed by atoms with van der Waals surface area (Å²) in [7, 11) is 0. The average Bonchev–Trinajstić information content (AvgIpc) is 2.71. The van der Waals surface area contributed by atoms with Crippen LogP contribution >= 0.6 is 11.6 Å². The molecular formula is C30H49ClN2. The molecule has 0 atom stereocenters. The van der Waals surface area contributed by atoms with E-state index in [2.05, 4.69) is 57.9 Å². The Morgan fingerprint density at radius 3 is 1.97 bits per heavy atom. The van der Waals surface area contributed by atoms with Gasteiger partial charge < -0.3 is 5.32 Å². The molecule has 0 amide bonds. The van der Waals surface area contributed by atoms with Gasteiger partial charge in [0.2, 0.25) is 0 Å². The lowest BCUT2D eigenvalue weighted by Gasteiger charge is -2.49. The van der Waals surface area contributed by atoms with Crippen molar-refractivity contribution in [1.29, 1.82) is 0 Å². The number of nitrogens with one attached hydrogen (secondary N) is 1. The summed E-state index contributed by atoms with van der Waals surface area (Å²) in [5.74, 6) is 2.15. The third kappa shape index (κ3) is 6.87. The first-order chi connectivity index (χ1) is 15.7. The molecule has 0 spiro atoms. The summed E-state index contributed by atoms with van der Waals surface area (Å²) < 4.78 is 0. The second kappa shape index (κ2) is 12.4. The molecule has 1 aromatic heterocycles. The van der Waals surface area contributed by atoms with E-state index in [9.17, 15) is 0 Å². The van der Waals surface area contributed by atoms with Crippen molar-refractivity contribution in [3.05, 3.63) is 35.0 Å². The third-order valence-electron chi connectivity index (χ3n) is 8.73. The number of hydrogen-bond acceptors (Lipinski definition) is 2. The number of aromatic nitrogens is 1. The van der Waals surface area contributed by atoms with E-state index in [4.69, 9.17) is 11.6 Å². The molecule has 1 heterocycles. The van der Waals surface area contributed by atoms with E-state index >= 15 is 0 Å². The Morgan fingerprint density at radius 1 is 0.970 bits per heavy atom. The van der Waals surface area contributed by atoms with Gasteiger partial charge in [0, 0.05) is 28.8 Å². The van der Waals surface area contributed by atoms with Crippen LogP contribution in [-0.4, -0.2) is 11.5 Å². The van der Waals surface area contributed by atoms with Crippen LogP contribution in [0.2, 0.25) is 5.02 Å². The Morgan fingerprint density at radius 2 is 1.52 bits per heavy atom. The van der Waals surface area contributed by atoms with E-state index in [1.54, 1.807) is 0 Å². The highest BCUT2D eigenvalue weighted by atomic mass is 35.5. The Balaban J connectivity index is 0.000000249. The van der Waals surface area contributed by atoms with Crippen LogP contribution in [0.25, 0.3) is 10.9 Å². The van der Waals surface area contributed by atoms with Crippen molar-refractivity contribution in [2.75, 3.05) is 11.9 Å². The molecule has 2 aliphatic carbocycles. The van der Waals surface area contributed by atoms with Crippen molar-refractivity contribution in [3.8, 4) is 0 Å². The van der Waals surface area contributed by atoms with Crippen molar-refractivity contribution < 1.29 is 0 Å². The van der Waals surface area contributed by atoms with Crippen LogP contribution < -0.4 is 5.32 Å². The van der Waals surface area contributed by atoms with Crippen LogP contribution in [0.15, 0.2) is 24.4 Å². The number of rotatable bonds is 7. The van der Waals surface area contributed by atoms with Crippen LogP contribution in [0.3, 0.4) is 0 Å². The van der Waals surface area contributed by atoms with Crippen molar-refractivity contribution in [2.45, 2.75) is 107 Å². The van der Waals surface area contributed by atoms with Crippen molar-refractivity contribution in [2.24, 2.45) is 22.7 Å². The Bertz CT molecular complexity index is 845. The Hall–Kier alpha value is -1.28. The van der Waals surface area contributed by atoms with Crippen LogP contribution in [0, 0.1) is 29.6 Å². The predicted octanol–water partition coefficient (Wildman–Crippen LogP) is 10.1. The summed E-state index contributed by atoms with van der Waals surface area (Å²) in [6.45, 7) is 18.9. The molecule has 0 radical (unpaired) electrons. The molecule has 2 aliphatic rings. The van der Waals surface area contributed by atoms with E-state index in [1.165, 1.54) is 62.6 Å². The van der Waals surface area contributed by atoms with E-state index in [0.717, 1.165) is 34.3 Å². The number of aryl methyl sites for hydroxylation is 1. The molecule has 2 aromatic rings. The van der Waals surface area contributed by atoms with Gasteiger partial charge in [-0.2, -0.15) is 0 Å². The zero-order valence-corrected chi connectivity index (χ0v) is 23.4. The van der Waals surface area contributed by atoms with Gasteiger partial charge in [0.1, 0.15) is 0 Å². The smallest absolute Gasteiger partial charge is 0.0737 e. The summed E-state index contributed by atoms with van der Waals surface area (Å²) in [6.07, 6.45) is 13.3. The molecule has 2 saturated carbocycles. The molecule has 2 nitrogen and oxygen atoms in total. The fourth-order valence-electron chi connectivity index (χ4n) is 4.94. The van der Waals surface area contributed by atoms with Crippen LogP contribution in [0.4, 0.5) is 5.69 Å². The predicted molar refractivity (Wildman–Crippen MR) is 148 cm³/mol.